The number of benzene rings is 1. The summed E-state index contributed by atoms with van der Waals surface area (Å²) in [5, 5.41) is 3.69. The van der Waals surface area contributed by atoms with Crippen LogP contribution < -0.4 is 11.1 Å². The maximum absolute atomic E-state index is 5.96. The summed E-state index contributed by atoms with van der Waals surface area (Å²) in [4.78, 5) is 0. The Morgan fingerprint density at radius 2 is 1.78 bits per heavy atom. The first-order valence-electron chi connectivity index (χ1n) is 6.99. The van der Waals surface area contributed by atoms with E-state index in [0.717, 1.165) is 12.3 Å². The second-order valence-electron chi connectivity index (χ2n) is 5.97. The molecule has 0 aliphatic carbocycles. The molecule has 0 heterocycles. The lowest BCUT2D eigenvalue weighted by atomic mass is 9.90. The Bertz CT molecular complexity index is 334. The molecule has 0 saturated carbocycles. The largest absolute Gasteiger partial charge is 0.329 e. The van der Waals surface area contributed by atoms with Gasteiger partial charge in [-0.15, -0.1) is 0 Å². The summed E-state index contributed by atoms with van der Waals surface area (Å²) in [5.74, 6) is 0.727. The smallest absolute Gasteiger partial charge is 0.0297 e. The van der Waals surface area contributed by atoms with Gasteiger partial charge < -0.3 is 11.1 Å². The van der Waals surface area contributed by atoms with Crippen LogP contribution in [0.4, 0.5) is 0 Å². The zero-order chi connectivity index (χ0) is 13.6. The summed E-state index contributed by atoms with van der Waals surface area (Å²) in [6, 6.07) is 10.9. The fourth-order valence-corrected chi connectivity index (χ4v) is 2.19. The van der Waals surface area contributed by atoms with E-state index in [1.54, 1.807) is 0 Å². The van der Waals surface area contributed by atoms with Crippen LogP contribution in [0.15, 0.2) is 30.3 Å². The van der Waals surface area contributed by atoms with Crippen LogP contribution >= 0.6 is 0 Å². The van der Waals surface area contributed by atoms with E-state index >= 15 is 0 Å². The first kappa shape index (κ1) is 15.2. The van der Waals surface area contributed by atoms with Gasteiger partial charge in [0.1, 0.15) is 0 Å². The fraction of sp³-hybridized carbons (Fsp3) is 0.625. The van der Waals surface area contributed by atoms with Crippen molar-refractivity contribution < 1.29 is 0 Å². The Morgan fingerprint density at radius 3 is 2.28 bits per heavy atom. The van der Waals surface area contributed by atoms with E-state index in [1.807, 2.05) is 0 Å². The molecule has 0 fully saturated rings. The van der Waals surface area contributed by atoms with Crippen LogP contribution in [0.1, 0.15) is 52.1 Å². The molecule has 18 heavy (non-hydrogen) atoms. The summed E-state index contributed by atoms with van der Waals surface area (Å²) in [7, 11) is 0. The summed E-state index contributed by atoms with van der Waals surface area (Å²) in [6.07, 6.45) is 2.33. The minimum Gasteiger partial charge on any atom is -0.329 e. The fourth-order valence-electron chi connectivity index (χ4n) is 2.19. The van der Waals surface area contributed by atoms with Crippen LogP contribution in [0.3, 0.4) is 0 Å². The lowest BCUT2D eigenvalue weighted by Crippen LogP contribution is -2.49. The average molecular weight is 248 g/mol. The highest BCUT2D eigenvalue weighted by Crippen LogP contribution is 2.21. The van der Waals surface area contributed by atoms with Gasteiger partial charge in [-0.2, -0.15) is 0 Å². The summed E-state index contributed by atoms with van der Waals surface area (Å²) >= 11 is 0. The summed E-state index contributed by atoms with van der Waals surface area (Å²) in [6.45, 7) is 9.64. The van der Waals surface area contributed by atoms with Gasteiger partial charge in [0, 0.05) is 18.1 Å². The molecule has 0 radical (unpaired) electrons. The molecule has 0 amide bonds. The average Bonchev–Trinajstić information content (AvgIpc) is 2.37. The molecule has 1 aromatic carbocycles. The monoisotopic (exact) mass is 248 g/mol. The Balaban J connectivity index is 2.62. The molecular formula is C16H28N2. The van der Waals surface area contributed by atoms with Crippen molar-refractivity contribution in [2.45, 2.75) is 52.1 Å². The van der Waals surface area contributed by atoms with Crippen molar-refractivity contribution >= 4 is 0 Å². The maximum atomic E-state index is 5.96. The normalized spacial score (nSPS) is 16.6. The molecule has 2 heteroatoms. The van der Waals surface area contributed by atoms with Gasteiger partial charge in [-0.25, -0.2) is 0 Å². The molecule has 1 aromatic rings. The molecule has 1 rings (SSSR count). The quantitative estimate of drug-likeness (QED) is 0.775. The Morgan fingerprint density at radius 1 is 1.17 bits per heavy atom. The Kier molecular flexibility index (Phi) is 5.83. The van der Waals surface area contributed by atoms with Gasteiger partial charge in [-0.3, -0.25) is 0 Å². The highest BCUT2D eigenvalue weighted by atomic mass is 15.0. The molecule has 0 aliphatic rings. The maximum Gasteiger partial charge on any atom is 0.0297 e. The number of rotatable bonds is 7. The summed E-state index contributed by atoms with van der Waals surface area (Å²) in [5.41, 5.74) is 7.31. The van der Waals surface area contributed by atoms with E-state index in [1.165, 1.54) is 12.0 Å². The molecule has 0 saturated heterocycles. The lowest BCUT2D eigenvalue weighted by Gasteiger charge is -2.34. The van der Waals surface area contributed by atoms with Crippen molar-refractivity contribution in [1.82, 2.24) is 5.32 Å². The standard InChI is InChI=1S/C16H28N2/c1-13(2)10-11-16(4,12-17)18-14(3)15-8-6-5-7-9-15/h5-9,13-14,18H,10-12,17H2,1-4H3. The highest BCUT2D eigenvalue weighted by molar-refractivity contribution is 5.18. The van der Waals surface area contributed by atoms with Gasteiger partial charge in [-0.1, -0.05) is 44.2 Å². The zero-order valence-electron chi connectivity index (χ0n) is 12.2. The van der Waals surface area contributed by atoms with Crippen molar-refractivity contribution in [3.05, 3.63) is 35.9 Å². The Labute approximate surface area is 112 Å². The van der Waals surface area contributed by atoms with Crippen LogP contribution in [0.2, 0.25) is 0 Å². The molecule has 0 aromatic heterocycles. The minimum atomic E-state index is 0.0273. The third-order valence-corrected chi connectivity index (χ3v) is 3.59. The molecule has 102 valence electrons. The van der Waals surface area contributed by atoms with Crippen LogP contribution in [-0.4, -0.2) is 12.1 Å². The predicted molar refractivity (Wildman–Crippen MR) is 79.5 cm³/mol. The van der Waals surface area contributed by atoms with Crippen LogP contribution in [0.25, 0.3) is 0 Å². The van der Waals surface area contributed by atoms with Gasteiger partial charge in [0.2, 0.25) is 0 Å². The van der Waals surface area contributed by atoms with Crippen LogP contribution in [0.5, 0.6) is 0 Å². The number of hydrogen-bond acceptors (Lipinski definition) is 2. The van der Waals surface area contributed by atoms with E-state index in [9.17, 15) is 0 Å². The molecule has 0 bridgehead atoms. The number of nitrogens with two attached hydrogens (primary N) is 1. The topological polar surface area (TPSA) is 38.0 Å². The summed E-state index contributed by atoms with van der Waals surface area (Å²) < 4.78 is 0. The lowest BCUT2D eigenvalue weighted by molar-refractivity contribution is 0.286. The van der Waals surface area contributed by atoms with E-state index in [0.29, 0.717) is 12.6 Å². The van der Waals surface area contributed by atoms with E-state index in [2.05, 4.69) is 63.3 Å². The second kappa shape index (κ2) is 6.91. The van der Waals surface area contributed by atoms with Gasteiger partial charge in [0.15, 0.2) is 0 Å². The predicted octanol–water partition coefficient (Wildman–Crippen LogP) is 3.49. The first-order chi connectivity index (χ1) is 8.47. The molecular weight excluding hydrogens is 220 g/mol. The molecule has 0 spiro atoms. The van der Waals surface area contributed by atoms with Crippen molar-refractivity contribution in [3.63, 3.8) is 0 Å². The van der Waals surface area contributed by atoms with Crippen LogP contribution in [0, 0.1) is 5.92 Å². The zero-order valence-corrected chi connectivity index (χ0v) is 12.2. The SMILES string of the molecule is CC(C)CCC(C)(CN)NC(C)c1ccccc1. The van der Waals surface area contributed by atoms with Gasteiger partial charge >= 0.3 is 0 Å². The number of nitrogens with one attached hydrogen (secondary N) is 1. The van der Waals surface area contributed by atoms with Crippen molar-refractivity contribution in [2.24, 2.45) is 11.7 Å². The minimum absolute atomic E-state index is 0.0273. The van der Waals surface area contributed by atoms with Crippen molar-refractivity contribution in [1.29, 1.82) is 0 Å². The third kappa shape index (κ3) is 4.79. The van der Waals surface area contributed by atoms with Crippen molar-refractivity contribution in [3.8, 4) is 0 Å². The molecule has 3 N–H and O–H groups in total. The first-order valence-corrected chi connectivity index (χ1v) is 6.99. The van der Waals surface area contributed by atoms with Crippen molar-refractivity contribution in [2.75, 3.05) is 6.54 Å². The van der Waals surface area contributed by atoms with Crippen LogP contribution in [-0.2, 0) is 0 Å². The molecule has 2 nitrogen and oxygen atoms in total. The van der Waals surface area contributed by atoms with E-state index < -0.39 is 0 Å². The number of hydrogen-bond donors (Lipinski definition) is 2. The molecule has 0 aliphatic heterocycles. The van der Waals surface area contributed by atoms with E-state index in [-0.39, 0.29) is 5.54 Å². The highest BCUT2D eigenvalue weighted by Gasteiger charge is 2.24. The molecule has 2 unspecified atom stereocenters. The van der Waals surface area contributed by atoms with Gasteiger partial charge in [0.25, 0.3) is 0 Å². The third-order valence-electron chi connectivity index (χ3n) is 3.59. The van der Waals surface area contributed by atoms with E-state index in [4.69, 9.17) is 5.73 Å². The Hall–Kier alpha value is -0.860. The van der Waals surface area contributed by atoms with Gasteiger partial charge in [-0.05, 0) is 38.2 Å². The van der Waals surface area contributed by atoms with Gasteiger partial charge in [0.05, 0.1) is 0 Å². The molecule has 2 atom stereocenters. The second-order valence-corrected chi connectivity index (χ2v) is 5.97.